The Morgan fingerprint density at radius 3 is 2.36 bits per heavy atom. The van der Waals surface area contributed by atoms with E-state index in [9.17, 15) is 4.79 Å². The van der Waals surface area contributed by atoms with Gasteiger partial charge in [-0.3, -0.25) is 0 Å². The molecule has 0 spiro atoms. The molecule has 0 amide bonds. The Hall–Kier alpha value is -1.17. The Morgan fingerprint density at radius 2 is 1.64 bits per heavy atom. The van der Waals surface area contributed by atoms with E-state index >= 15 is 0 Å². The van der Waals surface area contributed by atoms with Gasteiger partial charge in [0, 0.05) is 20.4 Å². The topological polar surface area (TPSA) is 37.3 Å². The minimum Gasteiger partial charge on any atom is -0.478 e. The van der Waals surface area contributed by atoms with E-state index in [4.69, 9.17) is 5.11 Å². The Kier molecular flexibility index (Phi) is 3.40. The van der Waals surface area contributed by atoms with Crippen molar-refractivity contribution in [3.05, 3.63) is 48.0 Å². The Morgan fingerprint density at radius 1 is 1.00 bits per heavy atom. The molecule has 0 atom stereocenters. The van der Waals surface area contributed by atoms with Crippen LogP contribution in [0.2, 0.25) is 0 Å². The molecule has 0 aliphatic heterocycles. The van der Waals surface area contributed by atoms with Crippen LogP contribution < -0.4 is 0 Å². The van der Waals surface area contributed by atoms with Crippen molar-refractivity contribution < 1.29 is 30.3 Å². The molecule has 0 heterocycles. The standard InChI is InChI=1S/C11H8O2.Pd/c12-11(13)10-7-3-5-8-4-1-2-6-9(8)10;/h1-7H,(H,12,13);. The predicted octanol–water partition coefficient (Wildman–Crippen LogP) is 2.54. The SMILES string of the molecule is O=C(O)c1cccc2ccccc12.[Pd]. The molecule has 0 aromatic heterocycles. The van der Waals surface area contributed by atoms with E-state index in [0.29, 0.717) is 5.56 Å². The van der Waals surface area contributed by atoms with E-state index in [2.05, 4.69) is 0 Å². The van der Waals surface area contributed by atoms with Gasteiger partial charge in [0.25, 0.3) is 0 Å². The number of carbonyl (C=O) groups is 1. The number of aromatic carboxylic acids is 1. The smallest absolute Gasteiger partial charge is 0.336 e. The van der Waals surface area contributed by atoms with Crippen molar-refractivity contribution in [2.75, 3.05) is 0 Å². The van der Waals surface area contributed by atoms with Crippen LogP contribution in [0, 0.1) is 0 Å². The maximum absolute atomic E-state index is 10.8. The normalized spacial score (nSPS) is 9.43. The van der Waals surface area contributed by atoms with Gasteiger partial charge in [-0.05, 0) is 16.8 Å². The number of benzene rings is 2. The first kappa shape index (κ1) is 10.9. The predicted molar refractivity (Wildman–Crippen MR) is 50.9 cm³/mol. The van der Waals surface area contributed by atoms with Gasteiger partial charge in [0.05, 0.1) is 5.56 Å². The molecule has 74 valence electrons. The van der Waals surface area contributed by atoms with Crippen LogP contribution in [-0.2, 0) is 20.4 Å². The fraction of sp³-hybridized carbons (Fsp3) is 0. The molecule has 2 nitrogen and oxygen atoms in total. The summed E-state index contributed by atoms with van der Waals surface area (Å²) >= 11 is 0. The van der Waals surface area contributed by atoms with E-state index in [0.717, 1.165) is 10.8 Å². The van der Waals surface area contributed by atoms with Crippen LogP contribution in [0.25, 0.3) is 10.8 Å². The van der Waals surface area contributed by atoms with E-state index < -0.39 is 5.97 Å². The molecule has 0 saturated carbocycles. The van der Waals surface area contributed by atoms with E-state index in [1.165, 1.54) is 0 Å². The molecule has 3 heteroatoms. The summed E-state index contributed by atoms with van der Waals surface area (Å²) in [5, 5.41) is 10.6. The number of hydrogen-bond acceptors (Lipinski definition) is 1. The number of fused-ring (bicyclic) bond motifs is 1. The third-order valence-electron chi connectivity index (χ3n) is 2.02. The van der Waals surface area contributed by atoms with Crippen LogP contribution >= 0.6 is 0 Å². The zero-order chi connectivity index (χ0) is 9.26. The second-order valence-electron chi connectivity index (χ2n) is 2.83. The summed E-state index contributed by atoms with van der Waals surface area (Å²) in [5.74, 6) is -0.878. The Balaban J connectivity index is 0.000000980. The van der Waals surface area contributed by atoms with Gasteiger partial charge in [-0.1, -0.05) is 36.4 Å². The van der Waals surface area contributed by atoms with Gasteiger partial charge in [0.1, 0.15) is 0 Å². The van der Waals surface area contributed by atoms with Crippen molar-refractivity contribution in [1.82, 2.24) is 0 Å². The summed E-state index contributed by atoms with van der Waals surface area (Å²) in [6.45, 7) is 0. The maximum atomic E-state index is 10.8. The molecule has 0 aliphatic carbocycles. The average molecular weight is 279 g/mol. The second kappa shape index (κ2) is 4.37. The van der Waals surface area contributed by atoms with Crippen LogP contribution in [0.1, 0.15) is 10.4 Å². The van der Waals surface area contributed by atoms with Gasteiger partial charge in [-0.25, -0.2) is 4.79 Å². The van der Waals surface area contributed by atoms with E-state index in [1.54, 1.807) is 12.1 Å². The summed E-state index contributed by atoms with van der Waals surface area (Å²) in [7, 11) is 0. The van der Waals surface area contributed by atoms with E-state index in [1.807, 2.05) is 30.3 Å². The number of hydrogen-bond donors (Lipinski definition) is 1. The Labute approximate surface area is 95.2 Å². The first-order valence-electron chi connectivity index (χ1n) is 4.00. The molecule has 0 fully saturated rings. The van der Waals surface area contributed by atoms with Gasteiger partial charge in [0.2, 0.25) is 0 Å². The van der Waals surface area contributed by atoms with Crippen LogP contribution in [-0.4, -0.2) is 11.1 Å². The first-order chi connectivity index (χ1) is 6.29. The molecule has 0 bridgehead atoms. The van der Waals surface area contributed by atoms with Crippen LogP contribution in [0.4, 0.5) is 0 Å². The zero-order valence-corrected chi connectivity index (χ0v) is 8.77. The van der Waals surface area contributed by atoms with Crippen molar-refractivity contribution >= 4 is 16.7 Å². The number of carboxylic acids is 1. The van der Waals surface area contributed by atoms with Crippen molar-refractivity contribution in [3.63, 3.8) is 0 Å². The summed E-state index contributed by atoms with van der Waals surface area (Å²) in [4.78, 5) is 10.8. The van der Waals surface area contributed by atoms with Gasteiger partial charge in [-0.15, -0.1) is 0 Å². The fourth-order valence-electron chi connectivity index (χ4n) is 1.41. The van der Waals surface area contributed by atoms with Crippen molar-refractivity contribution in [2.24, 2.45) is 0 Å². The molecule has 1 N–H and O–H groups in total. The fourth-order valence-corrected chi connectivity index (χ4v) is 1.41. The molecular formula is C11H8O2Pd. The molecular weight excluding hydrogens is 271 g/mol. The molecule has 0 aliphatic rings. The molecule has 0 saturated heterocycles. The van der Waals surface area contributed by atoms with Gasteiger partial charge < -0.3 is 5.11 Å². The summed E-state index contributed by atoms with van der Waals surface area (Å²) in [6.07, 6.45) is 0. The summed E-state index contributed by atoms with van der Waals surface area (Å²) in [6, 6.07) is 12.7. The van der Waals surface area contributed by atoms with Gasteiger partial charge in [-0.2, -0.15) is 0 Å². The van der Waals surface area contributed by atoms with Crippen molar-refractivity contribution in [1.29, 1.82) is 0 Å². The maximum Gasteiger partial charge on any atom is 0.336 e. The molecule has 0 radical (unpaired) electrons. The second-order valence-corrected chi connectivity index (χ2v) is 2.83. The zero-order valence-electron chi connectivity index (χ0n) is 7.21. The molecule has 2 aromatic carbocycles. The largest absolute Gasteiger partial charge is 0.478 e. The first-order valence-corrected chi connectivity index (χ1v) is 4.00. The third kappa shape index (κ3) is 1.84. The van der Waals surface area contributed by atoms with Crippen LogP contribution in [0.15, 0.2) is 42.5 Å². The molecule has 14 heavy (non-hydrogen) atoms. The third-order valence-corrected chi connectivity index (χ3v) is 2.02. The molecule has 2 aromatic rings. The van der Waals surface area contributed by atoms with Crippen LogP contribution in [0.3, 0.4) is 0 Å². The average Bonchev–Trinajstić information content (AvgIpc) is 2.17. The number of carboxylic acid groups (broad SMARTS) is 1. The Bertz CT molecular complexity index is 460. The van der Waals surface area contributed by atoms with Gasteiger partial charge >= 0.3 is 5.97 Å². The minimum atomic E-state index is -0.878. The number of rotatable bonds is 1. The summed E-state index contributed by atoms with van der Waals surface area (Å²) in [5.41, 5.74) is 0.359. The van der Waals surface area contributed by atoms with Crippen molar-refractivity contribution in [2.45, 2.75) is 0 Å². The van der Waals surface area contributed by atoms with E-state index in [-0.39, 0.29) is 20.4 Å². The summed E-state index contributed by atoms with van der Waals surface area (Å²) < 4.78 is 0. The monoisotopic (exact) mass is 278 g/mol. The molecule has 2 rings (SSSR count). The quantitative estimate of drug-likeness (QED) is 0.814. The van der Waals surface area contributed by atoms with Crippen molar-refractivity contribution in [3.8, 4) is 0 Å². The van der Waals surface area contributed by atoms with Gasteiger partial charge in [0.15, 0.2) is 0 Å². The van der Waals surface area contributed by atoms with Crippen LogP contribution in [0.5, 0.6) is 0 Å². The molecule has 0 unspecified atom stereocenters. The minimum absolute atomic E-state index is 0.